The van der Waals surface area contributed by atoms with Crippen LogP contribution in [0.15, 0.2) is 0 Å². The van der Waals surface area contributed by atoms with Crippen molar-refractivity contribution in [3.63, 3.8) is 0 Å². The second-order valence-corrected chi connectivity index (χ2v) is 5.32. The van der Waals surface area contributed by atoms with E-state index in [0.29, 0.717) is 6.54 Å². The minimum absolute atomic E-state index is 0.0932. The molecule has 18 heavy (non-hydrogen) atoms. The lowest BCUT2D eigenvalue weighted by atomic mass is 9.98. The highest BCUT2D eigenvalue weighted by Crippen LogP contribution is 2.25. The molecule has 0 bridgehead atoms. The van der Waals surface area contributed by atoms with Crippen LogP contribution in [0.25, 0.3) is 0 Å². The maximum absolute atomic E-state index is 12.4. The summed E-state index contributed by atoms with van der Waals surface area (Å²) in [5.41, 5.74) is 5.78. The Hall–Kier alpha value is -0.650. The molecule has 0 saturated carbocycles. The van der Waals surface area contributed by atoms with Crippen LogP contribution < -0.4 is 5.73 Å². The number of hydrogen-bond donors (Lipinski definition) is 1. The molecule has 2 fully saturated rings. The molecule has 2 rings (SSSR count). The number of carbonyl (C=O) groups is 1. The van der Waals surface area contributed by atoms with E-state index in [0.717, 1.165) is 32.2 Å². The van der Waals surface area contributed by atoms with Crippen LogP contribution in [-0.2, 0) is 14.3 Å². The van der Waals surface area contributed by atoms with Gasteiger partial charge in [-0.05, 0) is 32.6 Å². The summed E-state index contributed by atoms with van der Waals surface area (Å²) in [7, 11) is 1.72. The van der Waals surface area contributed by atoms with Gasteiger partial charge in [-0.2, -0.15) is 0 Å². The van der Waals surface area contributed by atoms with E-state index in [2.05, 4.69) is 0 Å². The van der Waals surface area contributed by atoms with E-state index in [-0.39, 0.29) is 30.3 Å². The molecule has 5 heteroatoms. The number of likely N-dealkylation sites (tertiary alicyclic amines) is 1. The van der Waals surface area contributed by atoms with Gasteiger partial charge < -0.3 is 20.1 Å². The van der Waals surface area contributed by atoms with Crippen molar-refractivity contribution < 1.29 is 14.3 Å². The van der Waals surface area contributed by atoms with Crippen LogP contribution >= 0.6 is 0 Å². The van der Waals surface area contributed by atoms with Gasteiger partial charge in [-0.3, -0.25) is 4.79 Å². The fourth-order valence-electron chi connectivity index (χ4n) is 2.91. The molecule has 0 aromatic carbocycles. The fourth-order valence-corrected chi connectivity index (χ4v) is 2.91. The van der Waals surface area contributed by atoms with Gasteiger partial charge in [-0.1, -0.05) is 0 Å². The molecule has 2 heterocycles. The zero-order valence-corrected chi connectivity index (χ0v) is 11.3. The Labute approximate surface area is 109 Å². The molecule has 4 atom stereocenters. The van der Waals surface area contributed by atoms with Crippen LogP contribution in [0.1, 0.15) is 32.6 Å². The fraction of sp³-hybridized carbons (Fsp3) is 0.923. The number of hydrogen-bond acceptors (Lipinski definition) is 4. The lowest BCUT2D eigenvalue weighted by molar-refractivity contribution is -0.148. The number of nitrogens with zero attached hydrogens (tertiary/aromatic N) is 1. The SMILES string of the molecule is COC1CCN(C(=O)C2CCC(C)O2)C(CN)C1. The molecule has 104 valence electrons. The first-order valence-electron chi connectivity index (χ1n) is 6.84. The minimum Gasteiger partial charge on any atom is -0.381 e. The summed E-state index contributed by atoms with van der Waals surface area (Å²) in [5, 5.41) is 0. The summed E-state index contributed by atoms with van der Waals surface area (Å²) in [6, 6.07) is 0.0932. The Morgan fingerprint density at radius 2 is 2.22 bits per heavy atom. The summed E-state index contributed by atoms with van der Waals surface area (Å²) in [6.45, 7) is 3.24. The first kappa shape index (κ1) is 13.8. The summed E-state index contributed by atoms with van der Waals surface area (Å²) >= 11 is 0. The molecule has 2 aliphatic rings. The van der Waals surface area contributed by atoms with Crippen LogP contribution in [0.5, 0.6) is 0 Å². The van der Waals surface area contributed by atoms with Gasteiger partial charge in [0.05, 0.1) is 12.2 Å². The smallest absolute Gasteiger partial charge is 0.252 e. The second-order valence-electron chi connectivity index (χ2n) is 5.32. The average Bonchev–Trinajstić information content (AvgIpc) is 2.83. The molecule has 0 radical (unpaired) electrons. The van der Waals surface area contributed by atoms with E-state index >= 15 is 0 Å². The topological polar surface area (TPSA) is 64.8 Å². The highest BCUT2D eigenvalue weighted by atomic mass is 16.5. The molecular weight excluding hydrogens is 232 g/mol. The summed E-state index contributed by atoms with van der Waals surface area (Å²) in [5.74, 6) is 0.115. The number of methoxy groups -OCH3 is 1. The van der Waals surface area contributed by atoms with Crippen molar-refractivity contribution in [2.24, 2.45) is 5.73 Å². The van der Waals surface area contributed by atoms with Crippen LogP contribution in [-0.4, -0.2) is 55.4 Å². The standard InChI is InChI=1S/C13H24N2O3/c1-9-3-4-12(18-9)13(16)15-6-5-11(17-2)7-10(15)8-14/h9-12H,3-8,14H2,1-2H3. The third kappa shape index (κ3) is 2.84. The summed E-state index contributed by atoms with van der Waals surface area (Å²) in [6.07, 6.45) is 3.70. The summed E-state index contributed by atoms with van der Waals surface area (Å²) in [4.78, 5) is 14.3. The van der Waals surface area contributed by atoms with Crippen molar-refractivity contribution in [1.29, 1.82) is 0 Å². The van der Waals surface area contributed by atoms with E-state index in [1.165, 1.54) is 0 Å². The van der Waals surface area contributed by atoms with Gasteiger partial charge in [0.2, 0.25) is 0 Å². The molecule has 2 aliphatic heterocycles. The van der Waals surface area contributed by atoms with Crippen molar-refractivity contribution in [2.45, 2.75) is 57.0 Å². The Morgan fingerprint density at radius 1 is 1.44 bits per heavy atom. The molecule has 2 N–H and O–H groups in total. The number of piperidine rings is 1. The molecule has 0 aliphatic carbocycles. The molecule has 0 aromatic rings. The van der Waals surface area contributed by atoms with Crippen LogP contribution in [0, 0.1) is 0 Å². The highest BCUT2D eigenvalue weighted by molar-refractivity contribution is 5.81. The van der Waals surface area contributed by atoms with Crippen molar-refractivity contribution in [1.82, 2.24) is 4.90 Å². The zero-order chi connectivity index (χ0) is 13.1. The Morgan fingerprint density at radius 3 is 2.78 bits per heavy atom. The minimum atomic E-state index is -0.256. The maximum Gasteiger partial charge on any atom is 0.252 e. The van der Waals surface area contributed by atoms with Crippen molar-refractivity contribution in [3.05, 3.63) is 0 Å². The van der Waals surface area contributed by atoms with Gasteiger partial charge in [0.1, 0.15) is 6.10 Å². The number of amides is 1. The predicted octanol–water partition coefficient (Wildman–Crippen LogP) is 0.519. The van der Waals surface area contributed by atoms with E-state index in [4.69, 9.17) is 15.2 Å². The van der Waals surface area contributed by atoms with Crippen LogP contribution in [0.4, 0.5) is 0 Å². The van der Waals surface area contributed by atoms with Crippen molar-refractivity contribution in [3.8, 4) is 0 Å². The molecule has 4 unspecified atom stereocenters. The van der Waals surface area contributed by atoms with Gasteiger partial charge in [-0.15, -0.1) is 0 Å². The van der Waals surface area contributed by atoms with Gasteiger partial charge in [0.15, 0.2) is 0 Å². The largest absolute Gasteiger partial charge is 0.381 e. The lowest BCUT2D eigenvalue weighted by Crippen LogP contribution is -2.54. The maximum atomic E-state index is 12.4. The third-order valence-corrected chi connectivity index (χ3v) is 4.06. The molecular formula is C13H24N2O3. The van der Waals surface area contributed by atoms with E-state index in [1.807, 2.05) is 11.8 Å². The quantitative estimate of drug-likeness (QED) is 0.799. The van der Waals surface area contributed by atoms with E-state index < -0.39 is 0 Å². The predicted molar refractivity (Wildman–Crippen MR) is 68.2 cm³/mol. The average molecular weight is 256 g/mol. The molecule has 0 aromatic heterocycles. The van der Waals surface area contributed by atoms with Crippen LogP contribution in [0.2, 0.25) is 0 Å². The number of carbonyl (C=O) groups excluding carboxylic acids is 1. The van der Waals surface area contributed by atoms with E-state index in [9.17, 15) is 4.79 Å². The molecule has 0 spiro atoms. The normalized spacial score (nSPS) is 36.9. The Kier molecular flexibility index (Phi) is 4.59. The first-order valence-corrected chi connectivity index (χ1v) is 6.84. The number of rotatable bonds is 3. The van der Waals surface area contributed by atoms with Gasteiger partial charge in [0.25, 0.3) is 5.91 Å². The highest BCUT2D eigenvalue weighted by Gasteiger charge is 2.37. The number of nitrogens with two attached hydrogens (primary N) is 1. The third-order valence-electron chi connectivity index (χ3n) is 4.06. The van der Waals surface area contributed by atoms with Gasteiger partial charge >= 0.3 is 0 Å². The second kappa shape index (κ2) is 5.99. The molecule has 1 amide bonds. The monoisotopic (exact) mass is 256 g/mol. The first-order chi connectivity index (χ1) is 8.65. The molecule has 5 nitrogen and oxygen atoms in total. The lowest BCUT2D eigenvalue weighted by Gasteiger charge is -2.39. The van der Waals surface area contributed by atoms with Crippen LogP contribution in [0.3, 0.4) is 0 Å². The van der Waals surface area contributed by atoms with Gasteiger partial charge in [-0.25, -0.2) is 0 Å². The Bertz CT molecular complexity index is 298. The van der Waals surface area contributed by atoms with E-state index in [1.54, 1.807) is 7.11 Å². The van der Waals surface area contributed by atoms with Crippen molar-refractivity contribution >= 4 is 5.91 Å². The Balaban J connectivity index is 1.96. The summed E-state index contributed by atoms with van der Waals surface area (Å²) < 4.78 is 11.0. The van der Waals surface area contributed by atoms with Gasteiger partial charge in [0, 0.05) is 26.2 Å². The number of ether oxygens (including phenoxy) is 2. The zero-order valence-electron chi connectivity index (χ0n) is 11.3. The molecule has 2 saturated heterocycles. The van der Waals surface area contributed by atoms with Crippen molar-refractivity contribution in [2.75, 3.05) is 20.2 Å².